The fourth-order valence-corrected chi connectivity index (χ4v) is 0.930. The lowest BCUT2D eigenvalue weighted by molar-refractivity contribution is -0.135. The molecule has 0 saturated heterocycles. The van der Waals surface area contributed by atoms with Gasteiger partial charge in [0.2, 0.25) is 0 Å². The van der Waals surface area contributed by atoms with Crippen LogP contribution in [0.3, 0.4) is 0 Å². The van der Waals surface area contributed by atoms with Crippen LogP contribution < -0.4 is 0 Å². The van der Waals surface area contributed by atoms with Crippen LogP contribution in [0.2, 0.25) is 0 Å². The number of hydrogen-bond donors (Lipinski definition) is 1. The molecule has 6 nitrogen and oxygen atoms in total. The van der Waals surface area contributed by atoms with Crippen molar-refractivity contribution in [3.8, 4) is 0 Å². The van der Waals surface area contributed by atoms with Crippen molar-refractivity contribution < 1.29 is 24.2 Å². The van der Waals surface area contributed by atoms with Crippen LogP contribution in [0.25, 0.3) is 6.08 Å². The average molecular weight is 321 g/mol. The van der Waals surface area contributed by atoms with Crippen molar-refractivity contribution in [2.45, 2.75) is 20.0 Å². The van der Waals surface area contributed by atoms with Gasteiger partial charge in [-0.1, -0.05) is 25.8 Å². The number of rotatable bonds is 5. The molecule has 0 saturated carbocycles. The minimum Gasteiger partial charge on any atom is -0.478 e. The molecule has 1 N–H and O–H groups in total. The number of aromatic nitrogens is 1. The predicted octanol–water partition coefficient (Wildman–Crippen LogP) is 3.08. The Balaban J connectivity index is 0. The summed E-state index contributed by atoms with van der Waals surface area (Å²) in [5.74, 6) is -1.34. The smallest absolute Gasteiger partial charge is 0.333 e. The third-order valence-electron chi connectivity index (χ3n) is 2.27. The number of carbonyl (C=O) groups excluding carboxylic acids is 1. The van der Waals surface area contributed by atoms with Crippen molar-refractivity contribution in [2.24, 2.45) is 0 Å². The van der Waals surface area contributed by atoms with Crippen molar-refractivity contribution >= 4 is 18.0 Å². The second-order valence-corrected chi connectivity index (χ2v) is 3.94. The number of carbonyl (C=O) groups is 2. The van der Waals surface area contributed by atoms with Crippen LogP contribution in [0, 0.1) is 0 Å². The Labute approximate surface area is 136 Å². The lowest BCUT2D eigenvalue weighted by Crippen LogP contribution is -2.14. The van der Waals surface area contributed by atoms with Gasteiger partial charge in [-0.15, -0.1) is 0 Å². The van der Waals surface area contributed by atoms with Crippen molar-refractivity contribution in [2.75, 3.05) is 7.11 Å². The number of methoxy groups -OCH3 is 1. The van der Waals surface area contributed by atoms with Gasteiger partial charge in [-0.05, 0) is 25.1 Å². The summed E-state index contributed by atoms with van der Waals surface area (Å²) in [6, 6.07) is 5.73. The Hall–Kier alpha value is -2.73. The first kappa shape index (κ1) is 22.5. The van der Waals surface area contributed by atoms with Gasteiger partial charge in [0, 0.05) is 20.2 Å². The predicted molar refractivity (Wildman–Crippen MR) is 89.5 cm³/mol. The molecule has 1 heterocycles. The molecule has 0 aromatic carbocycles. The monoisotopic (exact) mass is 321 g/mol. The largest absolute Gasteiger partial charge is 0.478 e. The van der Waals surface area contributed by atoms with Crippen molar-refractivity contribution in [1.82, 2.24) is 4.98 Å². The van der Waals surface area contributed by atoms with Gasteiger partial charge in [-0.25, -0.2) is 4.79 Å². The summed E-state index contributed by atoms with van der Waals surface area (Å²) in [4.78, 5) is 23.8. The number of esters is 1. The molecule has 0 aliphatic carbocycles. The maximum atomic E-state index is 10.1. The molecule has 23 heavy (non-hydrogen) atoms. The number of pyridine rings is 1. The van der Waals surface area contributed by atoms with Gasteiger partial charge in [-0.3, -0.25) is 9.78 Å². The molecule has 1 rings (SSSR count). The molecule has 0 spiro atoms. The lowest BCUT2D eigenvalue weighted by atomic mass is 10.2. The molecule has 1 aromatic heterocycles. The minimum absolute atomic E-state index is 0.0810. The fourth-order valence-electron chi connectivity index (χ4n) is 0.930. The van der Waals surface area contributed by atoms with Gasteiger partial charge < -0.3 is 14.6 Å². The molecule has 0 fully saturated rings. The summed E-state index contributed by atoms with van der Waals surface area (Å²) in [7, 11) is 1.44. The van der Waals surface area contributed by atoms with Gasteiger partial charge in [-0.2, -0.15) is 0 Å². The summed E-state index contributed by atoms with van der Waals surface area (Å²) in [5, 5.41) is 8.30. The van der Waals surface area contributed by atoms with Gasteiger partial charge in [0.1, 0.15) is 0 Å². The molecule has 0 aliphatic rings. The number of aliphatic carboxylic acids is 1. The van der Waals surface area contributed by atoms with Crippen molar-refractivity contribution in [1.29, 1.82) is 0 Å². The zero-order valence-corrected chi connectivity index (χ0v) is 13.7. The fraction of sp³-hybridized carbons (Fsp3) is 0.235. The Morgan fingerprint density at radius 1 is 1.35 bits per heavy atom. The van der Waals surface area contributed by atoms with E-state index in [-0.39, 0.29) is 11.5 Å². The first-order valence-corrected chi connectivity index (χ1v) is 6.56. The van der Waals surface area contributed by atoms with Crippen molar-refractivity contribution in [3.05, 3.63) is 61.7 Å². The number of carboxylic acid groups (broad SMARTS) is 1. The maximum Gasteiger partial charge on any atom is 0.333 e. The normalized spacial score (nSPS) is 9.70. The van der Waals surface area contributed by atoms with Crippen LogP contribution in [-0.4, -0.2) is 35.2 Å². The Morgan fingerprint density at radius 3 is 2.13 bits per heavy atom. The Morgan fingerprint density at radius 2 is 1.96 bits per heavy atom. The molecule has 0 radical (unpaired) electrons. The first-order valence-electron chi connectivity index (χ1n) is 6.56. The van der Waals surface area contributed by atoms with E-state index < -0.39 is 12.1 Å². The molecule has 1 aromatic rings. The van der Waals surface area contributed by atoms with E-state index in [2.05, 4.69) is 29.5 Å². The molecule has 126 valence electrons. The van der Waals surface area contributed by atoms with E-state index in [0.29, 0.717) is 0 Å². The standard InChI is InChI=1S/C7H7N.C6H10O3.C4H6O2/c1-2-7-5-3-4-6-8-7;1-4(6(7)8)5(2)9-3;1-3-6-4(2)5/h2-6H,1H2;5H,1H2,2-3H3,(H,7,8);3H,1H2,2H3. The van der Waals surface area contributed by atoms with E-state index in [9.17, 15) is 9.59 Å². The average Bonchev–Trinajstić information content (AvgIpc) is 2.55. The second-order valence-electron chi connectivity index (χ2n) is 3.94. The summed E-state index contributed by atoms with van der Waals surface area (Å²) in [6.45, 7) is 13.0. The number of nitrogens with zero attached hydrogens (tertiary/aromatic N) is 1. The molecule has 0 amide bonds. The third-order valence-corrected chi connectivity index (χ3v) is 2.27. The van der Waals surface area contributed by atoms with Crippen LogP contribution in [0.1, 0.15) is 19.5 Å². The zero-order valence-electron chi connectivity index (χ0n) is 13.7. The summed E-state index contributed by atoms with van der Waals surface area (Å²) in [6.07, 6.45) is 4.17. The number of ether oxygens (including phenoxy) is 2. The highest BCUT2D eigenvalue weighted by Crippen LogP contribution is 2.01. The van der Waals surface area contributed by atoms with E-state index in [1.165, 1.54) is 14.0 Å². The molecule has 1 atom stereocenters. The summed E-state index contributed by atoms with van der Waals surface area (Å²) < 4.78 is 8.86. The quantitative estimate of drug-likeness (QED) is 0.509. The maximum absolute atomic E-state index is 10.1. The molecule has 0 aliphatic heterocycles. The Kier molecular flexibility index (Phi) is 13.9. The van der Waals surface area contributed by atoms with E-state index in [1.54, 1.807) is 19.2 Å². The van der Waals surface area contributed by atoms with Gasteiger partial charge in [0.25, 0.3) is 0 Å². The lowest BCUT2D eigenvalue weighted by Gasteiger charge is -2.06. The van der Waals surface area contributed by atoms with E-state index in [4.69, 9.17) is 9.84 Å². The van der Waals surface area contributed by atoms with E-state index in [1.807, 2.05) is 18.2 Å². The highest BCUT2D eigenvalue weighted by Gasteiger charge is 2.10. The summed E-state index contributed by atoms with van der Waals surface area (Å²) in [5.41, 5.74) is 1.00. The van der Waals surface area contributed by atoms with Crippen LogP contribution in [0.15, 0.2) is 56.0 Å². The highest BCUT2D eigenvalue weighted by atomic mass is 16.5. The van der Waals surface area contributed by atoms with Gasteiger partial charge >= 0.3 is 11.9 Å². The molecular weight excluding hydrogens is 298 g/mol. The SMILES string of the molecule is C=C(C(=O)O)C(C)OC.C=COC(C)=O.C=Cc1ccccn1. The second kappa shape index (κ2) is 14.2. The van der Waals surface area contributed by atoms with Crippen LogP contribution in [0.5, 0.6) is 0 Å². The molecule has 6 heteroatoms. The van der Waals surface area contributed by atoms with Crippen LogP contribution in [0.4, 0.5) is 0 Å². The van der Waals surface area contributed by atoms with Crippen LogP contribution >= 0.6 is 0 Å². The van der Waals surface area contributed by atoms with Gasteiger partial charge in [0.15, 0.2) is 0 Å². The number of carboxylic acids is 1. The van der Waals surface area contributed by atoms with Crippen LogP contribution in [-0.2, 0) is 19.1 Å². The number of hydrogen-bond acceptors (Lipinski definition) is 5. The third kappa shape index (κ3) is 14.0. The Bertz CT molecular complexity index is 511. The molecule has 1 unspecified atom stereocenters. The molecular formula is C17H23NO5. The van der Waals surface area contributed by atoms with E-state index in [0.717, 1.165) is 12.0 Å². The summed E-state index contributed by atoms with van der Waals surface area (Å²) >= 11 is 0. The van der Waals surface area contributed by atoms with Gasteiger partial charge in [0.05, 0.1) is 23.6 Å². The topological polar surface area (TPSA) is 85.7 Å². The van der Waals surface area contributed by atoms with E-state index >= 15 is 0 Å². The van der Waals surface area contributed by atoms with Crippen molar-refractivity contribution in [3.63, 3.8) is 0 Å². The minimum atomic E-state index is -1.01. The first-order chi connectivity index (χ1) is 10.8. The molecule has 0 bridgehead atoms. The zero-order chi connectivity index (χ0) is 18.3. The highest BCUT2D eigenvalue weighted by molar-refractivity contribution is 5.86.